The molecule has 1 saturated heterocycles. The summed E-state index contributed by atoms with van der Waals surface area (Å²) >= 11 is 0. The number of hydrogen-bond donors (Lipinski definition) is 2. The third kappa shape index (κ3) is 8.43. The van der Waals surface area contributed by atoms with Crippen molar-refractivity contribution in [1.29, 1.82) is 0 Å². The number of aryl methyl sites for hydroxylation is 3. The number of nitrogens with one attached hydrogen (secondary N) is 2. The SMILES string of the molecule is Cc1cc(C(=O)N[C@H]2CC[C@@H](NC(=O)c3cc(F)cnc3Oc3cccc(-c4ccc(CCCN5CCCC5)cc4)c3)CC2)nn1C. The summed E-state index contributed by atoms with van der Waals surface area (Å²) in [4.78, 5) is 32.6. The molecule has 9 nitrogen and oxygen atoms in total. The van der Waals surface area contributed by atoms with E-state index in [1.54, 1.807) is 23.9 Å². The summed E-state index contributed by atoms with van der Waals surface area (Å²) in [7, 11) is 1.80. The Kier molecular flexibility index (Phi) is 10.3. The number of likely N-dealkylation sites (tertiary alicyclic amines) is 1. The first-order valence-electron chi connectivity index (χ1n) is 16.7. The van der Waals surface area contributed by atoms with Gasteiger partial charge in [-0.25, -0.2) is 9.37 Å². The Hall–Kier alpha value is -4.57. The molecule has 0 unspecified atom stereocenters. The number of nitrogens with zero attached hydrogens (tertiary/aromatic N) is 4. The smallest absolute Gasteiger partial charge is 0.272 e. The van der Waals surface area contributed by atoms with E-state index in [-0.39, 0.29) is 29.4 Å². The third-order valence-electron chi connectivity index (χ3n) is 9.28. The van der Waals surface area contributed by atoms with Crippen LogP contribution in [0.5, 0.6) is 11.6 Å². The van der Waals surface area contributed by atoms with E-state index >= 15 is 0 Å². The summed E-state index contributed by atoms with van der Waals surface area (Å²) < 4.78 is 22.0. The summed E-state index contributed by atoms with van der Waals surface area (Å²) in [6, 6.07) is 19.0. The first-order chi connectivity index (χ1) is 22.8. The van der Waals surface area contributed by atoms with Crippen molar-refractivity contribution in [2.75, 3.05) is 19.6 Å². The molecule has 0 spiro atoms. The summed E-state index contributed by atoms with van der Waals surface area (Å²) in [6.45, 7) is 5.52. The fraction of sp³-hybridized carbons (Fsp3) is 0.405. The molecule has 4 aromatic rings. The predicted molar refractivity (Wildman–Crippen MR) is 179 cm³/mol. The number of rotatable bonds is 11. The molecule has 1 aliphatic carbocycles. The number of amides is 2. The number of aromatic nitrogens is 3. The average molecular weight is 639 g/mol. The number of pyridine rings is 1. The largest absolute Gasteiger partial charge is 0.438 e. The molecular weight excluding hydrogens is 595 g/mol. The van der Waals surface area contributed by atoms with E-state index in [4.69, 9.17) is 4.74 Å². The van der Waals surface area contributed by atoms with Gasteiger partial charge < -0.3 is 20.3 Å². The van der Waals surface area contributed by atoms with Crippen LogP contribution in [-0.2, 0) is 13.5 Å². The predicted octanol–water partition coefficient (Wildman–Crippen LogP) is 6.22. The minimum absolute atomic E-state index is 0.00375. The molecule has 10 heteroatoms. The fourth-order valence-corrected chi connectivity index (χ4v) is 6.47. The zero-order chi connectivity index (χ0) is 32.8. The molecule has 1 aliphatic heterocycles. The van der Waals surface area contributed by atoms with Gasteiger partial charge >= 0.3 is 0 Å². The molecule has 2 aliphatic rings. The van der Waals surface area contributed by atoms with Crippen LogP contribution in [-0.4, -0.2) is 63.2 Å². The molecule has 2 fully saturated rings. The van der Waals surface area contributed by atoms with Crippen LogP contribution < -0.4 is 15.4 Å². The maximum atomic E-state index is 14.3. The summed E-state index contributed by atoms with van der Waals surface area (Å²) in [5, 5.41) is 10.3. The molecule has 2 N–H and O–H groups in total. The quantitative estimate of drug-likeness (QED) is 0.202. The van der Waals surface area contributed by atoms with Gasteiger partial charge in [0.25, 0.3) is 11.8 Å². The van der Waals surface area contributed by atoms with E-state index in [1.807, 2.05) is 25.1 Å². The van der Waals surface area contributed by atoms with Gasteiger partial charge in [0, 0.05) is 24.8 Å². The van der Waals surface area contributed by atoms with Crippen molar-refractivity contribution in [2.45, 2.75) is 70.4 Å². The van der Waals surface area contributed by atoms with Gasteiger partial charge in [-0.3, -0.25) is 14.3 Å². The van der Waals surface area contributed by atoms with Crippen LogP contribution in [0, 0.1) is 12.7 Å². The van der Waals surface area contributed by atoms with Crippen molar-refractivity contribution in [1.82, 2.24) is 30.3 Å². The third-order valence-corrected chi connectivity index (χ3v) is 9.28. The Morgan fingerprint density at radius 3 is 2.30 bits per heavy atom. The van der Waals surface area contributed by atoms with Crippen LogP contribution in [0.1, 0.15) is 77.0 Å². The lowest BCUT2D eigenvalue weighted by atomic mass is 9.91. The minimum atomic E-state index is -0.618. The lowest BCUT2D eigenvalue weighted by molar-refractivity contribution is 0.0887. The van der Waals surface area contributed by atoms with E-state index < -0.39 is 11.7 Å². The lowest BCUT2D eigenvalue weighted by Gasteiger charge is -2.29. The highest BCUT2D eigenvalue weighted by Crippen LogP contribution is 2.29. The highest BCUT2D eigenvalue weighted by molar-refractivity contribution is 5.96. The normalized spacial score (nSPS) is 18.2. The van der Waals surface area contributed by atoms with Crippen LogP contribution in [0.4, 0.5) is 4.39 Å². The Balaban J connectivity index is 1.04. The Bertz CT molecular complexity index is 1670. The summed E-state index contributed by atoms with van der Waals surface area (Å²) in [5.41, 5.74) is 4.70. The number of carbonyl (C=O) groups excluding carboxylic acids is 2. The van der Waals surface area contributed by atoms with Crippen molar-refractivity contribution in [3.63, 3.8) is 0 Å². The van der Waals surface area contributed by atoms with Gasteiger partial charge in [-0.1, -0.05) is 36.4 Å². The van der Waals surface area contributed by atoms with E-state index in [2.05, 4.69) is 49.9 Å². The zero-order valence-electron chi connectivity index (χ0n) is 27.2. The molecule has 47 heavy (non-hydrogen) atoms. The molecule has 246 valence electrons. The Morgan fingerprint density at radius 1 is 0.915 bits per heavy atom. The molecule has 0 bridgehead atoms. The molecule has 1 saturated carbocycles. The second kappa shape index (κ2) is 14.9. The van der Waals surface area contributed by atoms with Gasteiger partial charge in [-0.15, -0.1) is 0 Å². The van der Waals surface area contributed by atoms with Gasteiger partial charge in [0.1, 0.15) is 22.8 Å². The van der Waals surface area contributed by atoms with Crippen LogP contribution in [0.25, 0.3) is 11.1 Å². The van der Waals surface area contributed by atoms with Crippen molar-refractivity contribution < 1.29 is 18.7 Å². The maximum Gasteiger partial charge on any atom is 0.272 e. The molecule has 2 aromatic heterocycles. The second-order valence-corrected chi connectivity index (χ2v) is 12.8. The topological polar surface area (TPSA) is 101 Å². The van der Waals surface area contributed by atoms with E-state index in [1.165, 1.54) is 31.5 Å². The molecule has 6 rings (SSSR count). The number of hydrogen-bond acceptors (Lipinski definition) is 6. The molecule has 3 heterocycles. The van der Waals surface area contributed by atoms with Crippen LogP contribution in [0.3, 0.4) is 0 Å². The van der Waals surface area contributed by atoms with Crippen LogP contribution >= 0.6 is 0 Å². The second-order valence-electron chi connectivity index (χ2n) is 12.8. The van der Waals surface area contributed by atoms with Crippen molar-refractivity contribution in [3.05, 3.63) is 95.2 Å². The number of halogens is 1. The number of carbonyl (C=O) groups is 2. The van der Waals surface area contributed by atoms with Crippen molar-refractivity contribution in [3.8, 4) is 22.8 Å². The standard InChI is InChI=1S/C37H43FN6O3/c1-25-21-34(42-43(25)2)36(46)41-31-16-14-30(15-17-31)40-35(45)33-23-29(38)24-39-37(33)47-32-9-5-8-28(22-32)27-12-10-26(11-13-27)7-6-20-44-18-3-4-19-44/h5,8-13,21-24,30-31H,3-4,6-7,14-20H2,1-2H3,(H,40,45)(H,41,46)/t30-,31+. The average Bonchev–Trinajstić information content (AvgIpc) is 3.72. The lowest BCUT2D eigenvalue weighted by Crippen LogP contribution is -2.44. The van der Waals surface area contributed by atoms with Crippen molar-refractivity contribution >= 4 is 11.8 Å². The van der Waals surface area contributed by atoms with E-state index in [0.29, 0.717) is 37.1 Å². The number of ether oxygens (including phenoxy) is 1. The molecular formula is C37H43FN6O3. The van der Waals surface area contributed by atoms with Crippen molar-refractivity contribution in [2.24, 2.45) is 7.05 Å². The van der Waals surface area contributed by atoms with Gasteiger partial charge in [-0.2, -0.15) is 5.10 Å². The molecule has 0 radical (unpaired) electrons. The minimum Gasteiger partial charge on any atom is -0.438 e. The highest BCUT2D eigenvalue weighted by Gasteiger charge is 2.26. The van der Waals surface area contributed by atoms with E-state index in [9.17, 15) is 14.0 Å². The Labute approximate surface area is 275 Å². The van der Waals surface area contributed by atoms with Gasteiger partial charge in [0.2, 0.25) is 5.88 Å². The zero-order valence-corrected chi connectivity index (χ0v) is 27.2. The van der Waals surface area contributed by atoms with E-state index in [0.717, 1.165) is 48.5 Å². The first kappa shape index (κ1) is 32.4. The maximum absolute atomic E-state index is 14.3. The molecule has 0 atom stereocenters. The Morgan fingerprint density at radius 2 is 1.62 bits per heavy atom. The van der Waals surface area contributed by atoms with Gasteiger partial charge in [-0.05, 0) is 119 Å². The monoisotopic (exact) mass is 638 g/mol. The fourth-order valence-electron chi connectivity index (χ4n) is 6.47. The molecule has 2 aromatic carbocycles. The summed E-state index contributed by atoms with van der Waals surface area (Å²) in [6.07, 6.45) is 8.68. The summed E-state index contributed by atoms with van der Waals surface area (Å²) in [5.74, 6) is -0.711. The molecule has 2 amide bonds. The van der Waals surface area contributed by atoms with Crippen LogP contribution in [0.15, 0.2) is 66.9 Å². The van der Waals surface area contributed by atoms with Gasteiger partial charge in [0.05, 0.1) is 6.20 Å². The first-order valence-corrected chi connectivity index (χ1v) is 16.7. The highest BCUT2D eigenvalue weighted by atomic mass is 19.1. The number of benzene rings is 2. The van der Waals surface area contributed by atoms with Gasteiger partial charge in [0.15, 0.2) is 0 Å². The van der Waals surface area contributed by atoms with Crippen LogP contribution in [0.2, 0.25) is 0 Å².